The minimum atomic E-state index is -1.03. The molecule has 2 aliphatic rings. The quantitative estimate of drug-likeness (QED) is 0.491. The average Bonchev–Trinajstić information content (AvgIpc) is 2.15. The molecule has 3 N–H and O–H groups in total. The number of amides is 1. The van der Waals surface area contributed by atoms with E-state index >= 15 is 0 Å². The zero-order valence-corrected chi connectivity index (χ0v) is 9.38. The van der Waals surface area contributed by atoms with Gasteiger partial charge in [0.2, 0.25) is 5.91 Å². The van der Waals surface area contributed by atoms with Gasteiger partial charge in [0.05, 0.1) is 0 Å². The third-order valence-corrected chi connectivity index (χ3v) is 3.86. The number of carbonyl (C=O) groups is 2. The summed E-state index contributed by atoms with van der Waals surface area (Å²) in [6.07, 6.45) is 0. The third-order valence-electron chi connectivity index (χ3n) is 2.46. The molecule has 2 heterocycles. The van der Waals surface area contributed by atoms with Gasteiger partial charge < -0.3 is 15.7 Å². The fourth-order valence-electron chi connectivity index (χ4n) is 1.73. The minimum Gasteiger partial charge on any atom is -0.479 e. The van der Waals surface area contributed by atoms with Crippen LogP contribution in [0, 0.1) is 0 Å². The van der Waals surface area contributed by atoms with Crippen molar-refractivity contribution >= 4 is 36.0 Å². The topological polar surface area (TPSA) is 83.6 Å². The van der Waals surface area contributed by atoms with Crippen LogP contribution in [0.2, 0.25) is 0 Å². The van der Waals surface area contributed by atoms with Crippen LogP contribution < -0.4 is 5.73 Å². The largest absolute Gasteiger partial charge is 0.479 e. The first-order valence-electron chi connectivity index (χ1n) is 4.14. The van der Waals surface area contributed by atoms with E-state index in [9.17, 15) is 9.59 Å². The van der Waals surface area contributed by atoms with Crippen molar-refractivity contribution in [2.75, 3.05) is 5.75 Å². The molecule has 0 spiro atoms. The number of fused-ring (bicyclic) bond motifs is 1. The van der Waals surface area contributed by atoms with E-state index < -0.39 is 18.1 Å². The molecule has 84 valence electrons. The van der Waals surface area contributed by atoms with Gasteiger partial charge in [0.1, 0.15) is 11.4 Å². The number of hydrogen-bond acceptors (Lipinski definition) is 4. The Labute approximate surface area is 97.1 Å². The van der Waals surface area contributed by atoms with Crippen LogP contribution in [0.1, 0.15) is 0 Å². The fourth-order valence-corrected chi connectivity index (χ4v) is 2.98. The van der Waals surface area contributed by atoms with Crippen LogP contribution in [0.15, 0.2) is 12.2 Å². The van der Waals surface area contributed by atoms with Crippen molar-refractivity contribution in [3.63, 3.8) is 0 Å². The van der Waals surface area contributed by atoms with E-state index in [0.717, 1.165) is 0 Å². The first kappa shape index (κ1) is 12.4. The summed E-state index contributed by atoms with van der Waals surface area (Å²) in [4.78, 5) is 23.6. The van der Waals surface area contributed by atoms with Gasteiger partial charge in [0.15, 0.2) is 6.04 Å². The first-order chi connectivity index (χ1) is 6.54. The molecule has 3 atom stereocenters. The van der Waals surface area contributed by atoms with Crippen LogP contribution in [0.5, 0.6) is 0 Å². The van der Waals surface area contributed by atoms with Crippen LogP contribution >= 0.6 is 24.2 Å². The summed E-state index contributed by atoms with van der Waals surface area (Å²) in [5, 5.41) is 8.74. The molecule has 0 radical (unpaired) electrons. The number of hydrogen-bond donors (Lipinski definition) is 2. The highest BCUT2D eigenvalue weighted by atomic mass is 35.5. The number of carbonyl (C=O) groups excluding carboxylic acids is 1. The molecule has 2 unspecified atom stereocenters. The van der Waals surface area contributed by atoms with Crippen molar-refractivity contribution < 1.29 is 14.7 Å². The number of halogens is 1. The molecule has 2 saturated heterocycles. The Balaban J connectivity index is 0.00000112. The molecule has 2 rings (SSSR count). The third kappa shape index (κ3) is 1.62. The summed E-state index contributed by atoms with van der Waals surface area (Å²) in [6, 6.07) is -1.43. The Morgan fingerprint density at radius 2 is 2.27 bits per heavy atom. The van der Waals surface area contributed by atoms with Gasteiger partial charge in [-0.15, -0.1) is 24.2 Å². The van der Waals surface area contributed by atoms with Gasteiger partial charge in [0.25, 0.3) is 0 Å². The number of thioether (sulfide) groups is 1. The van der Waals surface area contributed by atoms with Gasteiger partial charge >= 0.3 is 5.97 Å². The first-order valence-corrected chi connectivity index (χ1v) is 5.18. The highest BCUT2D eigenvalue weighted by molar-refractivity contribution is 8.00. The van der Waals surface area contributed by atoms with E-state index in [2.05, 4.69) is 6.58 Å². The SMILES string of the molecule is C=C1CS[C@@H]2C(N)C(=O)N2C1C(=O)O.Cl. The number of carboxylic acids is 1. The summed E-state index contributed by atoms with van der Waals surface area (Å²) in [6.45, 7) is 3.66. The molecule has 0 aromatic carbocycles. The van der Waals surface area contributed by atoms with E-state index in [-0.39, 0.29) is 23.7 Å². The molecule has 0 aliphatic carbocycles. The summed E-state index contributed by atoms with van der Waals surface area (Å²) >= 11 is 1.47. The summed E-state index contributed by atoms with van der Waals surface area (Å²) in [5.41, 5.74) is 6.10. The van der Waals surface area contributed by atoms with Gasteiger partial charge in [-0.3, -0.25) is 4.79 Å². The lowest BCUT2D eigenvalue weighted by atomic mass is 9.99. The highest BCUT2D eigenvalue weighted by Crippen LogP contribution is 2.38. The van der Waals surface area contributed by atoms with Crippen LogP contribution in [0.25, 0.3) is 0 Å². The second-order valence-electron chi connectivity index (χ2n) is 3.37. The molecule has 2 aliphatic heterocycles. The molecule has 7 heteroatoms. The molecule has 0 aromatic heterocycles. The minimum absolute atomic E-state index is 0. The molecule has 15 heavy (non-hydrogen) atoms. The molecule has 0 aromatic rings. The Morgan fingerprint density at radius 3 is 2.80 bits per heavy atom. The lowest BCUT2D eigenvalue weighted by Crippen LogP contribution is -2.73. The highest BCUT2D eigenvalue weighted by Gasteiger charge is 2.53. The summed E-state index contributed by atoms with van der Waals surface area (Å²) in [5.74, 6) is -0.768. The number of nitrogens with zero attached hydrogens (tertiary/aromatic N) is 1. The molecule has 0 saturated carbocycles. The van der Waals surface area contributed by atoms with E-state index in [4.69, 9.17) is 10.8 Å². The van der Waals surface area contributed by atoms with E-state index in [0.29, 0.717) is 11.3 Å². The van der Waals surface area contributed by atoms with E-state index in [1.807, 2.05) is 0 Å². The predicted octanol–water partition coefficient (Wildman–Crippen LogP) is -0.340. The molecular formula is C8H11ClN2O3S. The second-order valence-corrected chi connectivity index (χ2v) is 4.48. The normalized spacial score (nSPS) is 33.9. The maximum atomic E-state index is 11.3. The van der Waals surface area contributed by atoms with Crippen LogP contribution in [-0.2, 0) is 9.59 Å². The molecule has 5 nitrogen and oxygen atoms in total. The molecule has 1 amide bonds. The van der Waals surface area contributed by atoms with Crippen molar-refractivity contribution in [2.45, 2.75) is 17.5 Å². The Morgan fingerprint density at radius 1 is 1.67 bits per heavy atom. The summed E-state index contributed by atoms with van der Waals surface area (Å²) in [7, 11) is 0. The van der Waals surface area contributed by atoms with Gasteiger partial charge in [0, 0.05) is 5.75 Å². The Hall–Kier alpha value is -0.720. The number of carboxylic acid groups (broad SMARTS) is 1. The van der Waals surface area contributed by atoms with Gasteiger partial charge in [-0.2, -0.15) is 0 Å². The van der Waals surface area contributed by atoms with Crippen molar-refractivity contribution in [1.29, 1.82) is 0 Å². The average molecular weight is 251 g/mol. The molecule has 2 fully saturated rings. The lowest BCUT2D eigenvalue weighted by molar-refractivity contribution is -0.158. The van der Waals surface area contributed by atoms with Crippen LogP contribution in [0.4, 0.5) is 0 Å². The second kappa shape index (κ2) is 4.03. The van der Waals surface area contributed by atoms with Gasteiger partial charge in [-0.25, -0.2) is 4.79 Å². The smallest absolute Gasteiger partial charge is 0.330 e. The van der Waals surface area contributed by atoms with Crippen molar-refractivity contribution in [3.8, 4) is 0 Å². The van der Waals surface area contributed by atoms with Gasteiger partial charge in [-0.1, -0.05) is 6.58 Å². The lowest BCUT2D eigenvalue weighted by Gasteiger charge is -2.51. The number of aliphatic carboxylic acids is 1. The Bertz CT molecular complexity index is 336. The predicted molar refractivity (Wildman–Crippen MR) is 58.9 cm³/mol. The zero-order valence-electron chi connectivity index (χ0n) is 7.75. The zero-order chi connectivity index (χ0) is 10.5. The van der Waals surface area contributed by atoms with Crippen molar-refractivity contribution in [1.82, 2.24) is 4.90 Å². The summed E-state index contributed by atoms with van der Waals surface area (Å²) < 4.78 is 0. The standard InChI is InChI=1S/C8H10N2O3S.ClH/c1-3-2-14-7-4(9)6(11)10(7)5(3)8(12)13;/h4-5,7H,1-2,9H2,(H,12,13);1H/t4?,5?,7-;/m1./s1. The van der Waals surface area contributed by atoms with Gasteiger partial charge in [-0.05, 0) is 5.57 Å². The maximum Gasteiger partial charge on any atom is 0.330 e. The van der Waals surface area contributed by atoms with Crippen molar-refractivity contribution in [3.05, 3.63) is 12.2 Å². The van der Waals surface area contributed by atoms with E-state index in [1.165, 1.54) is 16.7 Å². The monoisotopic (exact) mass is 250 g/mol. The number of nitrogens with two attached hydrogens (primary N) is 1. The number of β-lactam (4-membered cyclic amide) rings is 1. The Kier molecular flexibility index (Phi) is 3.32. The fraction of sp³-hybridized carbons (Fsp3) is 0.500. The number of rotatable bonds is 1. The van der Waals surface area contributed by atoms with Crippen LogP contribution in [0.3, 0.4) is 0 Å². The maximum absolute atomic E-state index is 11.3. The molecule has 0 bridgehead atoms. The van der Waals surface area contributed by atoms with Crippen LogP contribution in [-0.4, -0.2) is 45.1 Å². The van der Waals surface area contributed by atoms with Crippen molar-refractivity contribution in [2.24, 2.45) is 5.73 Å². The molecular weight excluding hydrogens is 240 g/mol. The van der Waals surface area contributed by atoms with E-state index in [1.54, 1.807) is 0 Å².